The maximum atomic E-state index is 12.9. The van der Waals surface area contributed by atoms with E-state index >= 15 is 0 Å². The highest BCUT2D eigenvalue weighted by molar-refractivity contribution is 7.91. The van der Waals surface area contributed by atoms with Gasteiger partial charge >= 0.3 is 0 Å². The van der Waals surface area contributed by atoms with E-state index in [0.29, 0.717) is 38.1 Å². The summed E-state index contributed by atoms with van der Waals surface area (Å²) in [6.45, 7) is 8.86. The summed E-state index contributed by atoms with van der Waals surface area (Å²) in [6.07, 6.45) is 1.64. The number of aryl methyl sites for hydroxylation is 3. The smallest absolute Gasteiger partial charge is 0.227 e. The normalized spacial score (nSPS) is 15.0. The minimum atomic E-state index is -3.33. The van der Waals surface area contributed by atoms with Gasteiger partial charge in [-0.25, -0.2) is 13.4 Å². The molecule has 0 N–H and O–H groups in total. The number of aromatic nitrogens is 1. The van der Waals surface area contributed by atoms with Gasteiger partial charge in [-0.2, -0.15) is 0 Å². The third kappa shape index (κ3) is 4.45. The maximum Gasteiger partial charge on any atom is 0.227 e. The number of benzene rings is 2. The van der Waals surface area contributed by atoms with Gasteiger partial charge in [0.15, 0.2) is 15.0 Å². The van der Waals surface area contributed by atoms with Gasteiger partial charge < -0.3 is 9.80 Å². The van der Waals surface area contributed by atoms with Gasteiger partial charge in [0.25, 0.3) is 0 Å². The molecule has 2 aromatic carbocycles. The molecule has 31 heavy (non-hydrogen) atoms. The molecule has 4 rings (SSSR count). The predicted molar refractivity (Wildman–Crippen MR) is 126 cm³/mol. The van der Waals surface area contributed by atoms with Gasteiger partial charge in [0.2, 0.25) is 5.91 Å². The number of hydrogen-bond acceptors (Lipinski definition) is 6. The quantitative estimate of drug-likeness (QED) is 0.600. The summed E-state index contributed by atoms with van der Waals surface area (Å²) in [5.41, 5.74) is 5.21. The molecule has 0 spiro atoms. The fraction of sp³-hybridized carbons (Fsp3) is 0.391. The van der Waals surface area contributed by atoms with Crippen molar-refractivity contribution in [2.75, 3.05) is 37.3 Å². The molecule has 8 heteroatoms. The first-order valence-corrected chi connectivity index (χ1v) is 13.0. The van der Waals surface area contributed by atoms with Crippen molar-refractivity contribution in [3.8, 4) is 0 Å². The van der Waals surface area contributed by atoms with Gasteiger partial charge in [-0.05, 0) is 49.6 Å². The predicted octanol–water partition coefficient (Wildman–Crippen LogP) is 3.52. The second kappa shape index (κ2) is 8.24. The van der Waals surface area contributed by atoms with Gasteiger partial charge in [0.1, 0.15) is 5.52 Å². The van der Waals surface area contributed by atoms with Crippen molar-refractivity contribution in [1.82, 2.24) is 9.88 Å². The minimum absolute atomic E-state index is 0.151. The van der Waals surface area contributed by atoms with Crippen LogP contribution >= 0.6 is 11.3 Å². The number of hydrogen-bond donors (Lipinski definition) is 0. The van der Waals surface area contributed by atoms with Crippen LogP contribution in [0.2, 0.25) is 0 Å². The zero-order valence-electron chi connectivity index (χ0n) is 18.3. The lowest BCUT2D eigenvalue weighted by atomic mass is 9.97. The number of fused-ring (bicyclic) bond motifs is 1. The van der Waals surface area contributed by atoms with Gasteiger partial charge in [0, 0.05) is 32.4 Å². The Hall–Kier alpha value is -2.45. The summed E-state index contributed by atoms with van der Waals surface area (Å²) in [4.78, 5) is 21.9. The maximum absolute atomic E-state index is 12.9. The highest BCUT2D eigenvalue weighted by Crippen LogP contribution is 2.33. The molecule has 1 aliphatic rings. The van der Waals surface area contributed by atoms with Crippen molar-refractivity contribution < 1.29 is 13.2 Å². The van der Waals surface area contributed by atoms with Crippen LogP contribution in [0.1, 0.15) is 22.3 Å². The van der Waals surface area contributed by atoms with E-state index in [1.807, 2.05) is 11.0 Å². The van der Waals surface area contributed by atoms with Crippen LogP contribution in [0.15, 0.2) is 35.2 Å². The number of thiazole rings is 1. The van der Waals surface area contributed by atoms with Crippen LogP contribution < -0.4 is 4.90 Å². The monoisotopic (exact) mass is 457 g/mol. The number of rotatable bonds is 4. The molecule has 3 aromatic rings. The molecule has 0 bridgehead atoms. The third-order valence-electron chi connectivity index (χ3n) is 5.84. The number of carbonyl (C=O) groups is 1. The molecule has 6 nitrogen and oxygen atoms in total. The van der Waals surface area contributed by atoms with Crippen LogP contribution in [0.25, 0.3) is 10.2 Å². The molecule has 0 atom stereocenters. The molecular weight excluding hydrogens is 430 g/mol. The first-order chi connectivity index (χ1) is 14.6. The zero-order valence-corrected chi connectivity index (χ0v) is 19.9. The van der Waals surface area contributed by atoms with E-state index in [1.54, 1.807) is 12.1 Å². The lowest BCUT2D eigenvalue weighted by molar-refractivity contribution is -0.130. The fourth-order valence-electron chi connectivity index (χ4n) is 4.24. The summed E-state index contributed by atoms with van der Waals surface area (Å²) in [5, 5.41) is 0.809. The van der Waals surface area contributed by atoms with E-state index < -0.39 is 9.84 Å². The topological polar surface area (TPSA) is 70.6 Å². The molecule has 0 radical (unpaired) electrons. The second-order valence-electron chi connectivity index (χ2n) is 8.29. The second-order valence-corrected chi connectivity index (χ2v) is 11.3. The average molecular weight is 458 g/mol. The SMILES string of the molecule is Cc1cc(C)c(CC(=O)N2CCN(c3nc4c(S(C)(=O)=O)cccc4s3)CC2)c(C)c1. The molecule has 164 valence electrons. The number of anilines is 1. The lowest BCUT2D eigenvalue weighted by Crippen LogP contribution is -2.49. The number of para-hydroxylation sites is 1. The van der Waals surface area contributed by atoms with Crippen LogP contribution in [0, 0.1) is 20.8 Å². The van der Waals surface area contributed by atoms with Crippen molar-refractivity contribution in [2.24, 2.45) is 0 Å². The highest BCUT2D eigenvalue weighted by atomic mass is 32.2. The summed E-state index contributed by atoms with van der Waals surface area (Å²) in [7, 11) is -3.33. The standard InChI is InChI=1S/C23H27N3O3S2/c1-15-12-16(2)18(17(3)13-15)14-21(27)25-8-10-26(11-9-25)23-24-22-19(30-23)6-5-7-20(22)31(4,28)29/h5-7,12-13H,8-11,14H2,1-4H3. The Kier molecular flexibility index (Phi) is 5.79. The first-order valence-electron chi connectivity index (χ1n) is 10.3. The van der Waals surface area contributed by atoms with Crippen molar-refractivity contribution in [2.45, 2.75) is 32.1 Å². The highest BCUT2D eigenvalue weighted by Gasteiger charge is 2.25. The molecule has 2 heterocycles. The molecule has 0 unspecified atom stereocenters. The van der Waals surface area contributed by atoms with Gasteiger partial charge in [-0.1, -0.05) is 35.1 Å². The van der Waals surface area contributed by atoms with Crippen molar-refractivity contribution in [1.29, 1.82) is 0 Å². The number of carbonyl (C=O) groups excluding carboxylic acids is 1. The Bertz CT molecular complexity index is 1230. The fourth-order valence-corrected chi connectivity index (χ4v) is 6.19. The van der Waals surface area contributed by atoms with Crippen LogP contribution in [-0.2, 0) is 21.1 Å². The molecule has 1 aliphatic heterocycles. The van der Waals surface area contributed by atoms with Crippen LogP contribution in [0.5, 0.6) is 0 Å². The Balaban J connectivity index is 1.46. The van der Waals surface area contributed by atoms with E-state index in [-0.39, 0.29) is 10.8 Å². The van der Waals surface area contributed by atoms with Crippen LogP contribution in [-0.4, -0.2) is 56.6 Å². The number of amides is 1. The largest absolute Gasteiger partial charge is 0.345 e. The van der Waals surface area contributed by atoms with Gasteiger partial charge in [-0.3, -0.25) is 4.79 Å². The van der Waals surface area contributed by atoms with E-state index in [4.69, 9.17) is 0 Å². The molecule has 1 amide bonds. The van der Waals surface area contributed by atoms with Crippen molar-refractivity contribution in [3.63, 3.8) is 0 Å². The molecule has 1 aromatic heterocycles. The molecule has 0 saturated carbocycles. The van der Waals surface area contributed by atoms with Crippen molar-refractivity contribution >= 4 is 42.4 Å². The Morgan fingerprint density at radius 1 is 1.06 bits per heavy atom. The van der Waals surface area contributed by atoms with E-state index in [9.17, 15) is 13.2 Å². The molecular formula is C23H27N3O3S2. The first kappa shape index (κ1) is 21.8. The third-order valence-corrected chi connectivity index (χ3v) is 8.05. The zero-order chi connectivity index (χ0) is 22.3. The van der Waals surface area contributed by atoms with Crippen molar-refractivity contribution in [3.05, 3.63) is 52.6 Å². The van der Waals surface area contributed by atoms with Crippen LogP contribution in [0.4, 0.5) is 5.13 Å². The van der Waals surface area contributed by atoms with Gasteiger partial charge in [0.05, 0.1) is 16.0 Å². The number of nitrogens with zero attached hydrogens (tertiary/aromatic N) is 3. The van der Waals surface area contributed by atoms with E-state index in [1.165, 1.54) is 34.3 Å². The number of sulfone groups is 1. The van der Waals surface area contributed by atoms with E-state index in [2.05, 4.69) is 42.8 Å². The number of piperazine rings is 1. The Morgan fingerprint density at radius 3 is 2.32 bits per heavy atom. The average Bonchev–Trinajstić information content (AvgIpc) is 3.14. The summed E-state index contributed by atoms with van der Waals surface area (Å²) >= 11 is 1.50. The molecule has 1 saturated heterocycles. The van der Waals surface area contributed by atoms with Gasteiger partial charge in [-0.15, -0.1) is 0 Å². The Morgan fingerprint density at radius 2 is 1.71 bits per heavy atom. The molecule has 1 fully saturated rings. The molecule has 0 aliphatic carbocycles. The van der Waals surface area contributed by atoms with E-state index in [0.717, 1.165) is 15.4 Å². The lowest BCUT2D eigenvalue weighted by Gasteiger charge is -2.34. The van der Waals surface area contributed by atoms with Crippen LogP contribution in [0.3, 0.4) is 0 Å². The summed E-state index contributed by atoms with van der Waals surface area (Å²) in [5.74, 6) is 0.151. The summed E-state index contributed by atoms with van der Waals surface area (Å²) in [6, 6.07) is 9.52. The Labute approximate surface area is 187 Å². The minimum Gasteiger partial charge on any atom is -0.345 e. The summed E-state index contributed by atoms with van der Waals surface area (Å²) < 4.78 is 25.0.